The van der Waals surface area contributed by atoms with Crippen molar-refractivity contribution in [1.29, 1.82) is 0 Å². The Morgan fingerprint density at radius 1 is 1.05 bits per heavy atom. The summed E-state index contributed by atoms with van der Waals surface area (Å²) in [5, 5.41) is 9.04. The molecule has 19 heavy (non-hydrogen) atoms. The molecule has 5 heteroatoms. The van der Waals surface area contributed by atoms with E-state index in [0.717, 1.165) is 6.29 Å². The van der Waals surface area contributed by atoms with Crippen LogP contribution < -0.4 is 29.6 Å². The fourth-order valence-corrected chi connectivity index (χ4v) is 1.25. The summed E-state index contributed by atoms with van der Waals surface area (Å²) < 4.78 is 0. The standard InChI is InChI=1S/C7H5ClO.C7H6O2.Na.H/c8-7-3-1-6(5-9)2-4-7;8-7(9)6-4-2-1-3-5-6;;/h1-5H;1-5H,(H,8,9);;/q;;+1;-1. The second-order valence-electron chi connectivity index (χ2n) is 3.34. The average molecular weight is 287 g/mol. The zero-order valence-electron chi connectivity index (χ0n) is 11.4. The minimum atomic E-state index is -0.879. The Kier molecular flexibility index (Phi) is 9.17. The molecule has 1 N–H and O–H groups in total. The first-order valence-electron chi connectivity index (χ1n) is 5.12. The van der Waals surface area contributed by atoms with Gasteiger partial charge in [-0.05, 0) is 24.3 Å². The van der Waals surface area contributed by atoms with Gasteiger partial charge in [-0.2, -0.15) is 0 Å². The number of carbonyl (C=O) groups excluding carboxylic acids is 1. The zero-order chi connectivity index (χ0) is 13.4. The SMILES string of the molecule is O=C(O)c1ccccc1.O=Cc1ccc(Cl)cc1.[H-].[Na+]. The molecule has 0 amide bonds. The van der Waals surface area contributed by atoms with Gasteiger partial charge in [0.05, 0.1) is 5.56 Å². The molecule has 3 nitrogen and oxygen atoms in total. The molecule has 0 aromatic heterocycles. The summed E-state index contributed by atoms with van der Waals surface area (Å²) >= 11 is 5.55. The van der Waals surface area contributed by atoms with E-state index in [4.69, 9.17) is 16.7 Å². The molecule has 2 rings (SSSR count). The molecule has 0 saturated heterocycles. The quantitative estimate of drug-likeness (QED) is 0.652. The molecule has 0 bridgehead atoms. The Balaban J connectivity index is 0. The van der Waals surface area contributed by atoms with Crippen molar-refractivity contribution in [1.82, 2.24) is 0 Å². The van der Waals surface area contributed by atoms with Gasteiger partial charge in [0.2, 0.25) is 0 Å². The molecule has 0 fully saturated rings. The minimum Gasteiger partial charge on any atom is -1.00 e. The van der Waals surface area contributed by atoms with Gasteiger partial charge in [-0.3, -0.25) is 4.79 Å². The molecule has 0 heterocycles. The summed E-state index contributed by atoms with van der Waals surface area (Å²) in [6.45, 7) is 0. The Morgan fingerprint density at radius 3 is 1.95 bits per heavy atom. The van der Waals surface area contributed by atoms with Crippen LogP contribution >= 0.6 is 11.6 Å². The van der Waals surface area contributed by atoms with Gasteiger partial charge < -0.3 is 6.53 Å². The summed E-state index contributed by atoms with van der Waals surface area (Å²) in [7, 11) is 0. The van der Waals surface area contributed by atoms with Gasteiger partial charge in [0.15, 0.2) is 0 Å². The van der Waals surface area contributed by atoms with Crippen molar-refractivity contribution in [3.63, 3.8) is 0 Å². The molecule has 0 saturated carbocycles. The van der Waals surface area contributed by atoms with Crippen molar-refractivity contribution in [2.75, 3.05) is 0 Å². The first-order valence-corrected chi connectivity index (χ1v) is 5.50. The number of benzene rings is 2. The molecule has 0 spiro atoms. The van der Waals surface area contributed by atoms with Crippen LogP contribution in [-0.2, 0) is 0 Å². The third kappa shape index (κ3) is 7.13. The van der Waals surface area contributed by atoms with Crippen molar-refractivity contribution < 1.29 is 45.7 Å². The largest absolute Gasteiger partial charge is 1.00 e. The van der Waals surface area contributed by atoms with Crippen LogP contribution in [-0.4, -0.2) is 17.4 Å². The maximum absolute atomic E-state index is 10.2. The van der Waals surface area contributed by atoms with E-state index in [0.29, 0.717) is 16.1 Å². The van der Waals surface area contributed by atoms with Crippen LogP contribution in [0.5, 0.6) is 0 Å². The fourth-order valence-electron chi connectivity index (χ4n) is 1.12. The van der Waals surface area contributed by atoms with Crippen LogP contribution in [0.2, 0.25) is 5.02 Å². The molecule has 0 atom stereocenters. The fraction of sp³-hybridized carbons (Fsp3) is 0. The molecule has 0 aliphatic carbocycles. The van der Waals surface area contributed by atoms with E-state index in [2.05, 4.69) is 0 Å². The molecule has 94 valence electrons. The van der Waals surface area contributed by atoms with Crippen molar-refractivity contribution in [2.24, 2.45) is 0 Å². The maximum Gasteiger partial charge on any atom is 1.00 e. The van der Waals surface area contributed by atoms with Crippen LogP contribution in [0.3, 0.4) is 0 Å². The Bertz CT molecular complexity index is 518. The van der Waals surface area contributed by atoms with Gasteiger partial charge in [0, 0.05) is 10.6 Å². The smallest absolute Gasteiger partial charge is 1.00 e. The van der Waals surface area contributed by atoms with Gasteiger partial charge >= 0.3 is 35.5 Å². The number of halogens is 1. The average Bonchev–Trinajstić information content (AvgIpc) is 2.41. The Labute approximate surface area is 140 Å². The van der Waals surface area contributed by atoms with Gasteiger partial charge in [-0.15, -0.1) is 0 Å². The predicted molar refractivity (Wildman–Crippen MR) is 71.4 cm³/mol. The van der Waals surface area contributed by atoms with E-state index in [-0.39, 0.29) is 31.0 Å². The van der Waals surface area contributed by atoms with Crippen LogP contribution in [0.4, 0.5) is 0 Å². The van der Waals surface area contributed by atoms with E-state index < -0.39 is 5.97 Å². The van der Waals surface area contributed by atoms with Crippen LogP contribution in [0.1, 0.15) is 22.1 Å². The molecule has 2 aromatic carbocycles. The van der Waals surface area contributed by atoms with Crippen LogP contribution in [0, 0.1) is 0 Å². The van der Waals surface area contributed by atoms with E-state index in [1.54, 1.807) is 54.6 Å². The second-order valence-corrected chi connectivity index (χ2v) is 3.78. The van der Waals surface area contributed by atoms with Gasteiger partial charge in [0.1, 0.15) is 6.29 Å². The number of aldehydes is 1. The first kappa shape index (κ1) is 17.9. The molecule has 0 aliphatic rings. The van der Waals surface area contributed by atoms with Crippen molar-refractivity contribution in [3.05, 3.63) is 70.7 Å². The number of rotatable bonds is 2. The number of carboxylic acids is 1. The van der Waals surface area contributed by atoms with Crippen molar-refractivity contribution in [3.8, 4) is 0 Å². The number of hydrogen-bond acceptors (Lipinski definition) is 2. The second kappa shape index (κ2) is 9.75. The van der Waals surface area contributed by atoms with E-state index in [1.807, 2.05) is 0 Å². The number of aromatic carboxylic acids is 1. The number of carbonyl (C=O) groups is 2. The minimum absolute atomic E-state index is 0. The molecule has 0 aliphatic heterocycles. The topological polar surface area (TPSA) is 54.4 Å². The number of hydrogen-bond donors (Lipinski definition) is 1. The molecule has 2 aromatic rings. The summed E-state index contributed by atoms with van der Waals surface area (Å²) in [6.07, 6.45) is 0.788. The monoisotopic (exact) mass is 286 g/mol. The normalized spacial score (nSPS) is 8.47. The van der Waals surface area contributed by atoms with E-state index in [1.165, 1.54) is 0 Å². The zero-order valence-corrected chi connectivity index (χ0v) is 13.2. The third-order valence-corrected chi connectivity index (χ3v) is 2.28. The molecule has 0 unspecified atom stereocenters. The first-order chi connectivity index (χ1) is 8.63. The van der Waals surface area contributed by atoms with Crippen molar-refractivity contribution in [2.45, 2.75) is 0 Å². The van der Waals surface area contributed by atoms with E-state index >= 15 is 0 Å². The predicted octanol–water partition coefficient (Wildman–Crippen LogP) is 0.654. The summed E-state index contributed by atoms with van der Waals surface area (Å²) in [6, 6.07) is 15.0. The number of carboxylic acid groups (broad SMARTS) is 1. The molecular weight excluding hydrogens is 275 g/mol. The summed E-state index contributed by atoms with van der Waals surface area (Å²) in [5.41, 5.74) is 0.983. The molecular formula is C14H12ClNaO3. The third-order valence-electron chi connectivity index (χ3n) is 2.03. The van der Waals surface area contributed by atoms with Gasteiger partial charge in [-0.25, -0.2) is 4.79 Å². The van der Waals surface area contributed by atoms with Crippen LogP contribution in [0.25, 0.3) is 0 Å². The molecule has 0 radical (unpaired) electrons. The summed E-state index contributed by atoms with van der Waals surface area (Å²) in [4.78, 5) is 20.3. The Hall–Kier alpha value is -1.13. The summed E-state index contributed by atoms with van der Waals surface area (Å²) in [5.74, 6) is -0.879. The van der Waals surface area contributed by atoms with Gasteiger partial charge in [0.25, 0.3) is 0 Å². The van der Waals surface area contributed by atoms with E-state index in [9.17, 15) is 9.59 Å². The maximum atomic E-state index is 10.2. The van der Waals surface area contributed by atoms with Gasteiger partial charge in [-0.1, -0.05) is 41.9 Å². The van der Waals surface area contributed by atoms with Crippen molar-refractivity contribution >= 4 is 23.9 Å². The van der Waals surface area contributed by atoms with Crippen LogP contribution in [0.15, 0.2) is 54.6 Å². The Morgan fingerprint density at radius 2 is 1.58 bits per heavy atom.